The van der Waals surface area contributed by atoms with Crippen LogP contribution in [-0.4, -0.2) is 46.2 Å². The summed E-state index contributed by atoms with van der Waals surface area (Å²) in [5.74, 6) is 0.743. The molecule has 2 fully saturated rings. The lowest BCUT2D eigenvalue weighted by molar-refractivity contribution is 0.121. The third-order valence-electron chi connectivity index (χ3n) is 4.75. The lowest BCUT2D eigenvalue weighted by Crippen LogP contribution is -2.45. The molecule has 0 amide bonds. The van der Waals surface area contributed by atoms with Crippen LogP contribution in [0.2, 0.25) is 0 Å². The highest BCUT2D eigenvalue weighted by Gasteiger charge is 2.26. The van der Waals surface area contributed by atoms with Crippen LogP contribution in [0.25, 0.3) is 0 Å². The monoisotopic (exact) mass is 296 g/mol. The van der Waals surface area contributed by atoms with E-state index in [1.54, 1.807) is 0 Å². The SMILES string of the molecule is c1ccc(CN2CCN(Cc3cc(C4CC4)n[nH]3)CC2)cc1. The standard InChI is InChI=1S/C18H24N4/c1-2-4-15(5-3-1)13-21-8-10-22(11-9-21)14-17-12-18(20-19-17)16-6-7-16/h1-5,12,16H,6-11,13-14H2,(H,19,20). The summed E-state index contributed by atoms with van der Waals surface area (Å²) in [7, 11) is 0. The molecule has 1 aromatic carbocycles. The quantitative estimate of drug-likeness (QED) is 0.921. The summed E-state index contributed by atoms with van der Waals surface area (Å²) in [6.07, 6.45) is 2.64. The highest BCUT2D eigenvalue weighted by atomic mass is 15.3. The van der Waals surface area contributed by atoms with Gasteiger partial charge in [0.1, 0.15) is 0 Å². The molecule has 4 heteroatoms. The first-order valence-electron chi connectivity index (χ1n) is 8.39. The van der Waals surface area contributed by atoms with Gasteiger partial charge in [0.05, 0.1) is 5.69 Å². The molecule has 2 aliphatic rings. The number of H-pyrrole nitrogens is 1. The van der Waals surface area contributed by atoms with Crippen molar-refractivity contribution in [3.63, 3.8) is 0 Å². The summed E-state index contributed by atoms with van der Waals surface area (Å²) in [5.41, 5.74) is 3.97. The number of aromatic amines is 1. The van der Waals surface area contributed by atoms with Crippen LogP contribution in [0.3, 0.4) is 0 Å². The molecule has 2 aromatic rings. The predicted molar refractivity (Wildman–Crippen MR) is 87.6 cm³/mol. The van der Waals surface area contributed by atoms with E-state index in [0.717, 1.165) is 45.2 Å². The van der Waals surface area contributed by atoms with Crippen LogP contribution in [0.15, 0.2) is 36.4 Å². The largest absolute Gasteiger partial charge is 0.297 e. The molecular weight excluding hydrogens is 272 g/mol. The Morgan fingerprint density at radius 3 is 2.32 bits per heavy atom. The molecule has 4 nitrogen and oxygen atoms in total. The maximum atomic E-state index is 4.45. The number of aromatic nitrogens is 2. The van der Waals surface area contributed by atoms with E-state index in [9.17, 15) is 0 Å². The molecule has 0 unspecified atom stereocenters. The van der Waals surface area contributed by atoms with E-state index in [1.165, 1.54) is 29.8 Å². The molecule has 1 N–H and O–H groups in total. The summed E-state index contributed by atoms with van der Waals surface area (Å²) in [6.45, 7) is 6.68. The van der Waals surface area contributed by atoms with Crippen molar-refractivity contribution in [2.45, 2.75) is 31.8 Å². The average molecular weight is 296 g/mol. The van der Waals surface area contributed by atoms with Crippen molar-refractivity contribution in [1.82, 2.24) is 20.0 Å². The van der Waals surface area contributed by atoms with Crippen LogP contribution < -0.4 is 0 Å². The van der Waals surface area contributed by atoms with Crippen LogP contribution in [0.5, 0.6) is 0 Å². The minimum absolute atomic E-state index is 0.743. The Morgan fingerprint density at radius 1 is 0.955 bits per heavy atom. The minimum Gasteiger partial charge on any atom is -0.297 e. The highest BCUT2D eigenvalue weighted by Crippen LogP contribution is 2.39. The Morgan fingerprint density at radius 2 is 1.64 bits per heavy atom. The Labute approximate surface area is 132 Å². The zero-order valence-corrected chi connectivity index (χ0v) is 13.0. The van der Waals surface area contributed by atoms with Gasteiger partial charge in [0, 0.05) is 50.9 Å². The van der Waals surface area contributed by atoms with Gasteiger partial charge in [0.25, 0.3) is 0 Å². The third-order valence-corrected chi connectivity index (χ3v) is 4.75. The first-order chi connectivity index (χ1) is 10.9. The average Bonchev–Trinajstić information content (AvgIpc) is 3.30. The number of benzene rings is 1. The maximum Gasteiger partial charge on any atom is 0.0656 e. The van der Waals surface area contributed by atoms with E-state index >= 15 is 0 Å². The number of hydrogen-bond donors (Lipinski definition) is 1. The van der Waals surface area contributed by atoms with Crippen molar-refractivity contribution in [1.29, 1.82) is 0 Å². The fourth-order valence-corrected chi connectivity index (χ4v) is 3.24. The van der Waals surface area contributed by atoms with Crippen molar-refractivity contribution in [3.05, 3.63) is 53.3 Å². The smallest absolute Gasteiger partial charge is 0.0656 e. The fraction of sp³-hybridized carbons (Fsp3) is 0.500. The number of piperazine rings is 1. The van der Waals surface area contributed by atoms with Crippen molar-refractivity contribution in [3.8, 4) is 0 Å². The number of nitrogens with one attached hydrogen (secondary N) is 1. The first-order valence-corrected chi connectivity index (χ1v) is 8.39. The molecule has 0 spiro atoms. The molecule has 1 aliphatic heterocycles. The second-order valence-electron chi connectivity index (χ2n) is 6.63. The van der Waals surface area contributed by atoms with Gasteiger partial charge in [0.2, 0.25) is 0 Å². The Kier molecular flexibility index (Phi) is 3.95. The maximum absolute atomic E-state index is 4.45. The summed E-state index contributed by atoms with van der Waals surface area (Å²) in [6, 6.07) is 13.0. The van der Waals surface area contributed by atoms with Crippen molar-refractivity contribution in [2.75, 3.05) is 26.2 Å². The van der Waals surface area contributed by atoms with Gasteiger partial charge in [0.15, 0.2) is 0 Å². The van der Waals surface area contributed by atoms with Crippen molar-refractivity contribution >= 4 is 0 Å². The van der Waals surface area contributed by atoms with Crippen LogP contribution >= 0.6 is 0 Å². The summed E-state index contributed by atoms with van der Waals surface area (Å²) in [5, 5.41) is 7.67. The van der Waals surface area contributed by atoms with E-state index in [1.807, 2.05) is 0 Å². The van der Waals surface area contributed by atoms with Crippen molar-refractivity contribution < 1.29 is 0 Å². The van der Waals surface area contributed by atoms with Gasteiger partial charge in [-0.05, 0) is 24.5 Å². The van der Waals surface area contributed by atoms with E-state index in [0.29, 0.717) is 0 Å². The molecular formula is C18H24N4. The molecule has 2 heterocycles. The van der Waals surface area contributed by atoms with E-state index in [-0.39, 0.29) is 0 Å². The van der Waals surface area contributed by atoms with Gasteiger partial charge in [-0.15, -0.1) is 0 Å². The third kappa shape index (κ3) is 3.39. The molecule has 1 saturated carbocycles. The Balaban J connectivity index is 1.26. The second kappa shape index (κ2) is 6.23. The summed E-state index contributed by atoms with van der Waals surface area (Å²) in [4.78, 5) is 5.08. The molecule has 1 saturated heterocycles. The zero-order chi connectivity index (χ0) is 14.8. The van der Waals surface area contributed by atoms with Crippen molar-refractivity contribution in [2.24, 2.45) is 0 Å². The lowest BCUT2D eigenvalue weighted by atomic mass is 10.2. The lowest BCUT2D eigenvalue weighted by Gasteiger charge is -2.34. The highest BCUT2D eigenvalue weighted by molar-refractivity contribution is 5.17. The Hall–Kier alpha value is -1.65. The molecule has 0 radical (unpaired) electrons. The van der Waals surface area contributed by atoms with Crippen LogP contribution in [0, 0.1) is 0 Å². The molecule has 1 aromatic heterocycles. The topological polar surface area (TPSA) is 35.2 Å². The molecule has 4 rings (SSSR count). The summed E-state index contributed by atoms with van der Waals surface area (Å²) >= 11 is 0. The second-order valence-corrected chi connectivity index (χ2v) is 6.63. The van der Waals surface area contributed by atoms with Gasteiger partial charge < -0.3 is 0 Å². The predicted octanol–water partition coefficient (Wildman–Crippen LogP) is 2.60. The minimum atomic E-state index is 0.743. The Bertz CT molecular complexity index is 595. The molecule has 0 atom stereocenters. The van der Waals surface area contributed by atoms with E-state index in [4.69, 9.17) is 0 Å². The van der Waals surface area contributed by atoms with Gasteiger partial charge in [-0.25, -0.2) is 0 Å². The normalized spacial score (nSPS) is 20.4. The van der Waals surface area contributed by atoms with Crippen LogP contribution in [0.1, 0.15) is 35.7 Å². The van der Waals surface area contributed by atoms with E-state index < -0.39 is 0 Å². The van der Waals surface area contributed by atoms with Gasteiger partial charge in [-0.2, -0.15) is 5.10 Å². The van der Waals surface area contributed by atoms with Crippen LogP contribution in [0.4, 0.5) is 0 Å². The molecule has 1 aliphatic carbocycles. The molecule has 116 valence electrons. The zero-order valence-electron chi connectivity index (χ0n) is 13.0. The van der Waals surface area contributed by atoms with Gasteiger partial charge in [-0.1, -0.05) is 30.3 Å². The molecule has 0 bridgehead atoms. The fourth-order valence-electron chi connectivity index (χ4n) is 3.24. The number of rotatable bonds is 5. The van der Waals surface area contributed by atoms with Crippen LogP contribution in [-0.2, 0) is 13.1 Å². The van der Waals surface area contributed by atoms with E-state index in [2.05, 4.69) is 56.4 Å². The van der Waals surface area contributed by atoms with Gasteiger partial charge in [-0.3, -0.25) is 14.9 Å². The summed E-state index contributed by atoms with van der Waals surface area (Å²) < 4.78 is 0. The first kappa shape index (κ1) is 14.0. The number of nitrogens with zero attached hydrogens (tertiary/aromatic N) is 3. The van der Waals surface area contributed by atoms with Gasteiger partial charge >= 0.3 is 0 Å². The number of hydrogen-bond acceptors (Lipinski definition) is 3. The molecule has 22 heavy (non-hydrogen) atoms.